The number of aliphatic carboxylic acids is 2. The number of rotatable bonds is 17. The van der Waals surface area contributed by atoms with Crippen LogP contribution in [0.15, 0.2) is 0 Å². The number of unbranched alkanes of at least 4 members (excludes halogenated alkanes) is 1. The maximum atomic E-state index is 12.9. The maximum Gasteiger partial charge on any atom is 0.327 e. The van der Waals surface area contributed by atoms with Crippen molar-refractivity contribution < 1.29 is 34.2 Å². The largest absolute Gasteiger partial charge is 0.481 e. The van der Waals surface area contributed by atoms with Crippen LogP contribution in [0.1, 0.15) is 52.4 Å². The lowest BCUT2D eigenvalue weighted by Gasteiger charge is -2.25. The van der Waals surface area contributed by atoms with E-state index in [1.54, 1.807) is 0 Å². The first kappa shape index (κ1) is 30.6. The highest BCUT2D eigenvalue weighted by molar-refractivity contribution is 7.80. The lowest BCUT2D eigenvalue weighted by molar-refractivity contribution is -0.141. The van der Waals surface area contributed by atoms with Gasteiger partial charge in [-0.15, -0.1) is 0 Å². The van der Waals surface area contributed by atoms with Crippen LogP contribution < -0.4 is 27.4 Å². The summed E-state index contributed by atoms with van der Waals surface area (Å²) in [5.41, 5.74) is 11.3. The smallest absolute Gasteiger partial charge is 0.327 e. The second-order valence-corrected chi connectivity index (χ2v) is 8.52. The zero-order chi connectivity index (χ0) is 25.6. The molecular weight excluding hydrogens is 454 g/mol. The normalized spacial score (nSPS) is 14.6. The third kappa shape index (κ3) is 13.0. The molecule has 0 aliphatic carbocycles. The first-order valence-corrected chi connectivity index (χ1v) is 11.5. The van der Waals surface area contributed by atoms with Crippen molar-refractivity contribution in [3.8, 4) is 0 Å². The number of hydrogen-bond donors (Lipinski definition) is 8. The van der Waals surface area contributed by atoms with Crippen LogP contribution in [0.5, 0.6) is 0 Å². The van der Waals surface area contributed by atoms with E-state index in [0.717, 1.165) is 0 Å². The minimum Gasteiger partial charge on any atom is -0.481 e. The minimum absolute atomic E-state index is 0.0386. The van der Waals surface area contributed by atoms with Crippen LogP contribution in [-0.4, -0.2) is 76.3 Å². The van der Waals surface area contributed by atoms with E-state index < -0.39 is 60.2 Å². The Morgan fingerprint density at radius 2 is 1.39 bits per heavy atom. The van der Waals surface area contributed by atoms with Crippen molar-refractivity contribution in [2.45, 2.75) is 76.5 Å². The lowest BCUT2D eigenvalue weighted by Crippen LogP contribution is -2.57. The Hall–Kier alpha value is -2.38. The van der Waals surface area contributed by atoms with Crippen LogP contribution in [0.2, 0.25) is 0 Å². The van der Waals surface area contributed by atoms with Gasteiger partial charge in [-0.3, -0.25) is 19.2 Å². The molecule has 0 radical (unpaired) electrons. The molecule has 4 atom stereocenters. The van der Waals surface area contributed by atoms with Crippen LogP contribution in [0, 0.1) is 5.92 Å². The molecule has 0 saturated carbocycles. The molecule has 4 unspecified atom stereocenters. The first-order valence-electron chi connectivity index (χ1n) is 10.8. The quantitative estimate of drug-likeness (QED) is 0.0906. The van der Waals surface area contributed by atoms with Gasteiger partial charge in [-0.25, -0.2) is 4.79 Å². The maximum absolute atomic E-state index is 12.9. The summed E-state index contributed by atoms with van der Waals surface area (Å²) in [7, 11) is 0. The van der Waals surface area contributed by atoms with Crippen LogP contribution in [-0.2, 0) is 24.0 Å². The Morgan fingerprint density at radius 1 is 0.848 bits per heavy atom. The molecule has 0 spiro atoms. The number of hydrogen-bond acceptors (Lipinski definition) is 8. The average molecular weight is 492 g/mol. The van der Waals surface area contributed by atoms with Crippen LogP contribution in [0.4, 0.5) is 0 Å². The first-order chi connectivity index (χ1) is 15.4. The van der Waals surface area contributed by atoms with Gasteiger partial charge in [0.25, 0.3) is 0 Å². The number of carbonyl (C=O) groups excluding carboxylic acids is 3. The number of nitrogens with two attached hydrogens (primary N) is 2. The fourth-order valence-corrected chi connectivity index (χ4v) is 3.14. The fraction of sp³-hybridized carbons (Fsp3) is 0.750. The van der Waals surface area contributed by atoms with Crippen LogP contribution in [0.3, 0.4) is 0 Å². The van der Waals surface area contributed by atoms with Gasteiger partial charge < -0.3 is 37.6 Å². The Morgan fingerprint density at radius 3 is 1.88 bits per heavy atom. The van der Waals surface area contributed by atoms with Crippen molar-refractivity contribution in [1.29, 1.82) is 0 Å². The van der Waals surface area contributed by atoms with Crippen molar-refractivity contribution in [2.24, 2.45) is 17.4 Å². The Bertz CT molecular complexity index is 677. The van der Waals surface area contributed by atoms with E-state index in [0.29, 0.717) is 25.8 Å². The molecule has 190 valence electrons. The summed E-state index contributed by atoms with van der Waals surface area (Å²) in [6.45, 7) is 4.07. The van der Waals surface area contributed by atoms with Crippen molar-refractivity contribution in [2.75, 3.05) is 12.3 Å². The van der Waals surface area contributed by atoms with Gasteiger partial charge in [-0.2, -0.15) is 12.6 Å². The molecule has 9 N–H and O–H groups in total. The van der Waals surface area contributed by atoms with E-state index in [2.05, 4.69) is 28.6 Å². The van der Waals surface area contributed by atoms with Crippen molar-refractivity contribution in [3.63, 3.8) is 0 Å². The minimum atomic E-state index is -1.27. The van der Waals surface area contributed by atoms with Gasteiger partial charge in [0.05, 0.1) is 6.04 Å². The van der Waals surface area contributed by atoms with Gasteiger partial charge in [0, 0.05) is 12.2 Å². The number of carboxylic acid groups (broad SMARTS) is 2. The molecule has 0 aliphatic heterocycles. The summed E-state index contributed by atoms with van der Waals surface area (Å²) in [5.74, 6) is -4.74. The highest BCUT2D eigenvalue weighted by Crippen LogP contribution is 2.08. The predicted molar refractivity (Wildman–Crippen MR) is 124 cm³/mol. The number of thiol groups is 1. The van der Waals surface area contributed by atoms with Crippen molar-refractivity contribution >= 4 is 42.3 Å². The third-order valence-corrected chi connectivity index (χ3v) is 5.09. The SMILES string of the molecule is CC(C)CC(NC(=O)C(CCC(=O)O)NC(=O)C(N)CCCCN)C(=O)NC(CS)C(=O)O. The molecular formula is C20H37N5O7S. The molecule has 0 rings (SSSR count). The number of amides is 3. The summed E-state index contributed by atoms with van der Waals surface area (Å²) in [4.78, 5) is 60.1. The molecule has 0 bridgehead atoms. The molecule has 0 saturated heterocycles. The van der Waals surface area contributed by atoms with E-state index in [-0.39, 0.29) is 24.5 Å². The Balaban J connectivity index is 5.40. The average Bonchev–Trinajstić information content (AvgIpc) is 2.73. The zero-order valence-electron chi connectivity index (χ0n) is 19.1. The van der Waals surface area contributed by atoms with Crippen LogP contribution in [0.25, 0.3) is 0 Å². The molecule has 0 aromatic carbocycles. The second-order valence-electron chi connectivity index (χ2n) is 8.16. The van der Waals surface area contributed by atoms with Gasteiger partial charge in [-0.05, 0) is 38.1 Å². The molecule has 3 amide bonds. The Labute approximate surface area is 199 Å². The molecule has 0 aromatic heterocycles. The van der Waals surface area contributed by atoms with Gasteiger partial charge in [0.2, 0.25) is 17.7 Å². The molecule has 0 heterocycles. The predicted octanol–water partition coefficient (Wildman–Crippen LogP) is -1.18. The van der Waals surface area contributed by atoms with Crippen LogP contribution >= 0.6 is 12.6 Å². The van der Waals surface area contributed by atoms with E-state index in [9.17, 15) is 24.0 Å². The third-order valence-electron chi connectivity index (χ3n) is 4.72. The van der Waals surface area contributed by atoms with E-state index in [1.807, 2.05) is 13.8 Å². The van der Waals surface area contributed by atoms with Gasteiger partial charge in [0.15, 0.2) is 0 Å². The molecule has 33 heavy (non-hydrogen) atoms. The monoisotopic (exact) mass is 491 g/mol. The summed E-state index contributed by atoms with van der Waals surface area (Å²) in [6, 6.07) is -4.49. The van der Waals surface area contributed by atoms with E-state index >= 15 is 0 Å². The molecule has 0 aromatic rings. The van der Waals surface area contributed by atoms with Crippen molar-refractivity contribution in [1.82, 2.24) is 16.0 Å². The van der Waals surface area contributed by atoms with Gasteiger partial charge >= 0.3 is 11.9 Å². The highest BCUT2D eigenvalue weighted by atomic mass is 32.1. The second kappa shape index (κ2) is 16.3. The van der Waals surface area contributed by atoms with E-state index in [1.165, 1.54) is 0 Å². The standard InChI is InChI=1S/C20H37N5O7S/c1-11(2)9-14(19(30)25-15(10-33)20(31)32)24-18(29)13(6-7-16(26)27)23-17(28)12(22)5-3-4-8-21/h11-15,33H,3-10,21-22H2,1-2H3,(H,23,28)(H,24,29)(H,25,30)(H,26,27)(H,31,32). The zero-order valence-corrected chi connectivity index (χ0v) is 20.0. The molecule has 13 heteroatoms. The summed E-state index contributed by atoms with van der Waals surface area (Å²) < 4.78 is 0. The van der Waals surface area contributed by atoms with Crippen molar-refractivity contribution in [3.05, 3.63) is 0 Å². The number of carbonyl (C=O) groups is 5. The van der Waals surface area contributed by atoms with E-state index in [4.69, 9.17) is 21.7 Å². The molecule has 0 fully saturated rings. The fourth-order valence-electron chi connectivity index (χ4n) is 2.89. The Kier molecular flexibility index (Phi) is 15.1. The molecule has 0 aliphatic rings. The highest BCUT2D eigenvalue weighted by Gasteiger charge is 2.30. The topological polar surface area (TPSA) is 214 Å². The summed E-state index contributed by atoms with van der Waals surface area (Å²) in [6.07, 6.45) is 1.21. The number of nitrogens with one attached hydrogen (secondary N) is 3. The summed E-state index contributed by atoms with van der Waals surface area (Å²) >= 11 is 3.90. The number of carboxylic acids is 2. The summed E-state index contributed by atoms with van der Waals surface area (Å²) in [5, 5.41) is 25.4. The van der Waals surface area contributed by atoms with Gasteiger partial charge in [-0.1, -0.05) is 20.3 Å². The van der Waals surface area contributed by atoms with Gasteiger partial charge in [0.1, 0.15) is 18.1 Å². The lowest BCUT2D eigenvalue weighted by atomic mass is 10.0. The molecule has 12 nitrogen and oxygen atoms in total.